The van der Waals surface area contributed by atoms with Crippen LogP contribution in [-0.4, -0.2) is 29.4 Å². The van der Waals surface area contributed by atoms with Gasteiger partial charge in [-0.3, -0.25) is 4.79 Å². The number of rotatable bonds is 5. The third-order valence-corrected chi connectivity index (χ3v) is 6.43. The Labute approximate surface area is 145 Å². The highest BCUT2D eigenvalue weighted by molar-refractivity contribution is 7.14. The molecule has 1 aliphatic rings. The largest absolute Gasteiger partial charge is 0.335 e. The van der Waals surface area contributed by atoms with E-state index in [1.165, 1.54) is 17.7 Å². The summed E-state index contributed by atoms with van der Waals surface area (Å²) in [7, 11) is 1.85. The molecule has 23 heavy (non-hydrogen) atoms. The molecular weight excluding hydrogens is 326 g/mol. The zero-order chi connectivity index (χ0) is 16.4. The molecule has 1 amide bonds. The number of nitrogens with one attached hydrogen (secondary N) is 1. The zero-order valence-corrected chi connectivity index (χ0v) is 15.5. The average molecular weight is 350 g/mol. The molecule has 2 aromatic rings. The molecule has 0 unspecified atom stereocenters. The summed E-state index contributed by atoms with van der Waals surface area (Å²) in [5.74, 6) is 0.520. The summed E-state index contributed by atoms with van der Waals surface area (Å²) in [5, 5.41) is 6.67. The molecule has 3 heterocycles. The monoisotopic (exact) mass is 349 g/mol. The molecule has 1 N–H and O–H groups in total. The molecule has 0 radical (unpaired) electrons. The van der Waals surface area contributed by atoms with Crippen molar-refractivity contribution < 1.29 is 4.79 Å². The topological polar surface area (TPSA) is 45.2 Å². The number of thiophene rings is 1. The van der Waals surface area contributed by atoms with Crippen LogP contribution in [0, 0.1) is 0 Å². The van der Waals surface area contributed by atoms with E-state index in [0.717, 1.165) is 22.1 Å². The van der Waals surface area contributed by atoms with Crippen LogP contribution in [-0.2, 0) is 6.54 Å². The van der Waals surface area contributed by atoms with Crippen LogP contribution in [0.2, 0.25) is 0 Å². The number of hydrogen-bond donors (Lipinski definition) is 1. The highest BCUT2D eigenvalue weighted by Gasteiger charge is 2.21. The van der Waals surface area contributed by atoms with E-state index in [9.17, 15) is 4.79 Å². The summed E-state index contributed by atoms with van der Waals surface area (Å²) in [6.45, 7) is 5.92. The van der Waals surface area contributed by atoms with Gasteiger partial charge in [-0.05, 0) is 31.5 Å². The first-order valence-electron chi connectivity index (χ1n) is 8.07. The Morgan fingerprint density at radius 1 is 1.48 bits per heavy atom. The SMILES string of the molecule is CC(C)c1nc(CN(C)C(=O)c2ccc([C@@H]3CCCN3)s2)cs1. The molecule has 3 rings (SSSR count). The minimum Gasteiger partial charge on any atom is -0.335 e. The first kappa shape index (κ1) is 16.6. The van der Waals surface area contributed by atoms with Crippen molar-refractivity contribution in [1.29, 1.82) is 0 Å². The lowest BCUT2D eigenvalue weighted by Gasteiger charge is -2.14. The fourth-order valence-corrected chi connectivity index (χ4v) is 4.68. The van der Waals surface area contributed by atoms with Crippen LogP contribution in [0.15, 0.2) is 17.5 Å². The second-order valence-electron chi connectivity index (χ2n) is 6.34. The van der Waals surface area contributed by atoms with Crippen LogP contribution in [0.1, 0.15) is 63.9 Å². The Morgan fingerprint density at radius 2 is 2.30 bits per heavy atom. The van der Waals surface area contributed by atoms with E-state index in [-0.39, 0.29) is 5.91 Å². The van der Waals surface area contributed by atoms with Crippen LogP contribution in [0.5, 0.6) is 0 Å². The normalized spacial score (nSPS) is 17.8. The molecule has 1 saturated heterocycles. The van der Waals surface area contributed by atoms with Crippen LogP contribution >= 0.6 is 22.7 Å². The molecule has 1 aliphatic heterocycles. The molecule has 124 valence electrons. The van der Waals surface area contributed by atoms with Crippen molar-refractivity contribution in [2.45, 2.75) is 45.2 Å². The number of amides is 1. The van der Waals surface area contributed by atoms with E-state index >= 15 is 0 Å². The second kappa shape index (κ2) is 7.11. The molecule has 4 nitrogen and oxygen atoms in total. The highest BCUT2D eigenvalue weighted by atomic mass is 32.1. The maximum Gasteiger partial charge on any atom is 0.264 e. The molecule has 6 heteroatoms. The Hall–Kier alpha value is -1.24. The summed E-state index contributed by atoms with van der Waals surface area (Å²) < 4.78 is 0. The van der Waals surface area contributed by atoms with Gasteiger partial charge < -0.3 is 10.2 Å². The van der Waals surface area contributed by atoms with Crippen molar-refractivity contribution in [3.8, 4) is 0 Å². The maximum atomic E-state index is 12.6. The van der Waals surface area contributed by atoms with Crippen molar-refractivity contribution in [1.82, 2.24) is 15.2 Å². The predicted molar refractivity (Wildman–Crippen MR) is 96.3 cm³/mol. The molecule has 0 saturated carbocycles. The van der Waals surface area contributed by atoms with Gasteiger partial charge in [0.05, 0.1) is 22.1 Å². The second-order valence-corrected chi connectivity index (χ2v) is 8.35. The minimum atomic E-state index is 0.0818. The van der Waals surface area contributed by atoms with Crippen LogP contribution in [0.25, 0.3) is 0 Å². The molecule has 0 bridgehead atoms. The highest BCUT2D eigenvalue weighted by Crippen LogP contribution is 2.30. The molecule has 1 atom stereocenters. The summed E-state index contributed by atoms with van der Waals surface area (Å²) in [5.41, 5.74) is 0.976. The zero-order valence-electron chi connectivity index (χ0n) is 13.8. The lowest BCUT2D eigenvalue weighted by molar-refractivity contribution is 0.0788. The van der Waals surface area contributed by atoms with Gasteiger partial charge in [0.2, 0.25) is 0 Å². The Balaban J connectivity index is 1.64. The summed E-state index contributed by atoms with van der Waals surface area (Å²) in [6.07, 6.45) is 2.38. The number of hydrogen-bond acceptors (Lipinski definition) is 5. The lowest BCUT2D eigenvalue weighted by atomic mass is 10.2. The standard InChI is InChI=1S/C17H23N3OS2/c1-11(2)16-19-12(10-22-16)9-20(3)17(21)15-7-6-14(23-15)13-5-4-8-18-13/h6-7,10-11,13,18H,4-5,8-9H2,1-3H3/t13-/m0/s1. The van der Waals surface area contributed by atoms with E-state index < -0.39 is 0 Å². The maximum absolute atomic E-state index is 12.6. The third kappa shape index (κ3) is 3.82. The van der Waals surface area contributed by atoms with E-state index in [1.807, 2.05) is 13.1 Å². The number of carbonyl (C=O) groups excluding carboxylic acids is 1. The van der Waals surface area contributed by atoms with Gasteiger partial charge in [0, 0.05) is 29.3 Å². The van der Waals surface area contributed by atoms with Crippen molar-refractivity contribution in [2.24, 2.45) is 0 Å². The predicted octanol–water partition coefficient (Wildman–Crippen LogP) is 4.02. The molecule has 1 fully saturated rings. The van der Waals surface area contributed by atoms with Crippen LogP contribution in [0.3, 0.4) is 0 Å². The molecule has 0 spiro atoms. The minimum absolute atomic E-state index is 0.0818. The number of aromatic nitrogens is 1. The van der Waals surface area contributed by atoms with E-state index in [4.69, 9.17) is 0 Å². The van der Waals surface area contributed by atoms with Crippen LogP contribution < -0.4 is 5.32 Å². The molecule has 0 aromatic carbocycles. The first-order valence-corrected chi connectivity index (χ1v) is 9.77. The van der Waals surface area contributed by atoms with E-state index in [0.29, 0.717) is 18.5 Å². The summed E-state index contributed by atoms with van der Waals surface area (Å²) >= 11 is 3.29. The Morgan fingerprint density at radius 3 is 2.96 bits per heavy atom. The third-order valence-electron chi connectivity index (χ3n) is 4.05. The number of nitrogens with zero attached hydrogens (tertiary/aromatic N) is 2. The average Bonchev–Trinajstić information content (AvgIpc) is 3.26. The van der Waals surface area contributed by atoms with Gasteiger partial charge >= 0.3 is 0 Å². The van der Waals surface area contributed by atoms with Gasteiger partial charge in [-0.15, -0.1) is 22.7 Å². The van der Waals surface area contributed by atoms with Crippen molar-refractivity contribution in [3.05, 3.63) is 38.0 Å². The van der Waals surface area contributed by atoms with Gasteiger partial charge in [-0.1, -0.05) is 13.8 Å². The molecule has 0 aliphatic carbocycles. The summed E-state index contributed by atoms with van der Waals surface area (Å²) in [6, 6.07) is 4.48. The van der Waals surface area contributed by atoms with Gasteiger partial charge in [-0.25, -0.2) is 4.98 Å². The van der Waals surface area contributed by atoms with Gasteiger partial charge in [0.15, 0.2) is 0 Å². The van der Waals surface area contributed by atoms with Crippen molar-refractivity contribution >= 4 is 28.6 Å². The fraction of sp³-hybridized carbons (Fsp3) is 0.529. The Bertz CT molecular complexity index is 671. The van der Waals surface area contributed by atoms with E-state index in [2.05, 4.69) is 35.6 Å². The molecule has 2 aromatic heterocycles. The number of carbonyl (C=O) groups is 1. The Kier molecular flexibility index (Phi) is 5.14. The van der Waals surface area contributed by atoms with Gasteiger partial charge in [-0.2, -0.15) is 0 Å². The van der Waals surface area contributed by atoms with Crippen LogP contribution in [0.4, 0.5) is 0 Å². The van der Waals surface area contributed by atoms with Gasteiger partial charge in [0.25, 0.3) is 5.91 Å². The quantitative estimate of drug-likeness (QED) is 0.886. The van der Waals surface area contributed by atoms with Crippen molar-refractivity contribution in [2.75, 3.05) is 13.6 Å². The first-order chi connectivity index (χ1) is 11.0. The fourth-order valence-electron chi connectivity index (χ4n) is 2.75. The van der Waals surface area contributed by atoms with Gasteiger partial charge in [0.1, 0.15) is 0 Å². The number of thiazole rings is 1. The summed E-state index contributed by atoms with van der Waals surface area (Å²) in [4.78, 5) is 21.1. The van der Waals surface area contributed by atoms with Crippen molar-refractivity contribution in [3.63, 3.8) is 0 Å². The molecular formula is C17H23N3OS2. The smallest absolute Gasteiger partial charge is 0.264 e. The van der Waals surface area contributed by atoms with E-state index in [1.54, 1.807) is 27.6 Å². The lowest BCUT2D eigenvalue weighted by Crippen LogP contribution is -2.25.